The molecule has 4 aromatic carbocycles. The second kappa shape index (κ2) is 22.1. The Morgan fingerprint density at radius 2 is 0.554 bits per heavy atom. The summed E-state index contributed by atoms with van der Waals surface area (Å²) in [7, 11) is 0. The molecule has 0 aliphatic heterocycles. The number of hydrogen-bond donors (Lipinski definition) is 0. The van der Waals surface area contributed by atoms with Crippen LogP contribution >= 0.6 is 68.0 Å². The van der Waals surface area contributed by atoms with Crippen molar-refractivity contribution in [3.05, 3.63) is 187 Å². The molecule has 0 nitrogen and oxygen atoms in total. The predicted molar refractivity (Wildman–Crippen MR) is 332 cm³/mol. The summed E-state index contributed by atoms with van der Waals surface area (Å²) < 4.78 is 8.80. The lowest BCUT2D eigenvalue weighted by molar-refractivity contribution is 0.666. The average molecular weight is 1080 g/mol. The van der Waals surface area contributed by atoms with Gasteiger partial charge in [-0.25, -0.2) is 0 Å². The maximum Gasteiger partial charge on any atom is 0.0759 e. The Bertz CT molecular complexity index is 3140. The third-order valence-electron chi connectivity index (χ3n) is 16.8. The summed E-state index contributed by atoms with van der Waals surface area (Å²) in [5.74, 6) is 0. The van der Waals surface area contributed by atoms with Crippen LogP contribution in [-0.2, 0) is 36.5 Å². The molecule has 0 radical (unpaired) electrons. The molecular weight excluding hydrogens is 1010 g/mol. The van der Waals surface area contributed by atoms with E-state index in [0.717, 1.165) is 25.7 Å². The number of thiophene rings is 6. The Labute approximate surface area is 465 Å². The normalized spacial score (nSPS) is 14.2. The summed E-state index contributed by atoms with van der Waals surface area (Å²) >= 11 is 12.3. The fraction of sp³-hybridized carbons (Fsp3) is 0.382. The number of fused-ring (bicyclic) bond motifs is 13. The molecule has 6 heteroatoms. The first-order valence-electron chi connectivity index (χ1n) is 28.5. The van der Waals surface area contributed by atoms with E-state index in [1.807, 2.05) is 22.7 Å². The largest absolute Gasteiger partial charge is 0.143 e. The van der Waals surface area contributed by atoms with Crippen LogP contribution in [-0.4, -0.2) is 0 Å². The van der Waals surface area contributed by atoms with Gasteiger partial charge in [-0.3, -0.25) is 0 Å². The molecule has 0 saturated carbocycles. The minimum Gasteiger partial charge on any atom is -0.143 e. The summed E-state index contributed by atoms with van der Waals surface area (Å²) in [5.41, 5.74) is 16.8. The van der Waals surface area contributed by atoms with Gasteiger partial charge in [0.05, 0.1) is 49.1 Å². The van der Waals surface area contributed by atoms with Crippen molar-refractivity contribution in [3.63, 3.8) is 0 Å². The molecule has 0 atom stereocenters. The van der Waals surface area contributed by atoms with E-state index in [9.17, 15) is 0 Å². The van der Waals surface area contributed by atoms with Crippen molar-refractivity contribution < 1.29 is 0 Å². The van der Waals surface area contributed by atoms with Crippen LogP contribution in [0.1, 0.15) is 197 Å². The van der Waals surface area contributed by atoms with E-state index in [1.165, 1.54) is 206 Å². The van der Waals surface area contributed by atoms with Crippen molar-refractivity contribution >= 4 is 96.2 Å². The highest BCUT2D eigenvalue weighted by atomic mass is 32.1. The molecule has 0 spiro atoms. The lowest BCUT2D eigenvalue weighted by Crippen LogP contribution is -2.29. The minimum absolute atomic E-state index is 0.452. The first-order chi connectivity index (χ1) is 36.5. The Morgan fingerprint density at radius 1 is 0.284 bits per heavy atom. The molecule has 0 saturated heterocycles. The van der Waals surface area contributed by atoms with Gasteiger partial charge in [0, 0.05) is 31.7 Å². The van der Waals surface area contributed by atoms with Crippen molar-refractivity contribution in [3.8, 4) is 19.5 Å². The van der Waals surface area contributed by atoms with Crippen molar-refractivity contribution in [1.29, 1.82) is 0 Å². The van der Waals surface area contributed by atoms with Gasteiger partial charge >= 0.3 is 0 Å². The number of unbranched alkanes of at least 4 members (excludes halogenated alkanes) is 12. The van der Waals surface area contributed by atoms with Crippen LogP contribution < -0.4 is 0 Å². The van der Waals surface area contributed by atoms with Crippen LogP contribution in [0.15, 0.2) is 120 Å². The second-order valence-corrected chi connectivity index (χ2v) is 27.6. The molecule has 0 unspecified atom stereocenters. The monoisotopic (exact) mass is 1080 g/mol. The Morgan fingerprint density at radius 3 is 0.838 bits per heavy atom. The zero-order valence-electron chi connectivity index (χ0n) is 44.1. The smallest absolute Gasteiger partial charge is 0.0759 e. The summed E-state index contributed by atoms with van der Waals surface area (Å²) in [6.07, 6.45) is 25.2. The molecule has 0 N–H and O–H groups in total. The second-order valence-electron chi connectivity index (χ2n) is 21.6. The van der Waals surface area contributed by atoms with Crippen LogP contribution in [0.4, 0.5) is 0 Å². The number of benzene rings is 4. The Hall–Kier alpha value is -4.14. The SMILES string of the molecule is CCCCCCc1ccc(C2(c3ccc(CCCCCC)cc3)c3c(sc4ccsc34)-c3sc4c5c(sc4c32)-c2sc3ccsc3c2C5(c2ccc(CCCCCC)cc2)c2ccc(CCCCCC)cc2)cc1. The summed E-state index contributed by atoms with van der Waals surface area (Å²) in [5, 5.41) is 4.69. The van der Waals surface area contributed by atoms with Crippen molar-refractivity contribution in [1.82, 2.24) is 0 Å². The highest BCUT2D eigenvalue weighted by Gasteiger charge is 2.56. The van der Waals surface area contributed by atoms with Gasteiger partial charge in [-0.1, -0.05) is 202 Å². The molecular formula is C68H72S6. The lowest BCUT2D eigenvalue weighted by Gasteiger charge is -2.34. The van der Waals surface area contributed by atoms with E-state index in [4.69, 9.17) is 0 Å². The summed E-state index contributed by atoms with van der Waals surface area (Å²) in [6.45, 7) is 9.27. The molecule has 2 aliphatic carbocycles. The molecule has 0 fully saturated rings. The molecule has 0 bridgehead atoms. The third kappa shape index (κ3) is 8.60. The van der Waals surface area contributed by atoms with Gasteiger partial charge in [-0.15, -0.1) is 68.0 Å². The van der Waals surface area contributed by atoms with Crippen molar-refractivity contribution in [2.75, 3.05) is 0 Å². The van der Waals surface area contributed by atoms with Gasteiger partial charge in [-0.05, 0) is 119 Å². The topological polar surface area (TPSA) is 0 Å². The standard InChI is InChI=1S/C68H72S6/c1-5-9-13-17-21-45-25-33-49(34-26-45)67(50-35-27-46(28-36-50)22-18-14-10-6-2)55-59-53(41-43-69-59)71-61(55)63-57(67)65-66(73-63)58-64(74-65)62-56(60-54(72-62)42-44-70-60)68(58,51-37-29-47(30-38-51)23-19-15-11-7-3)52-39-31-48(32-40-52)24-20-16-12-8-4/h25-44H,5-24H2,1-4H3. The fourth-order valence-electron chi connectivity index (χ4n) is 13.0. The van der Waals surface area contributed by atoms with Gasteiger partial charge in [0.1, 0.15) is 0 Å². The average Bonchev–Trinajstić information content (AvgIpc) is 4.46. The molecule has 6 aromatic heterocycles. The summed E-state index contributed by atoms with van der Waals surface area (Å²) in [4.78, 5) is 5.99. The number of hydrogen-bond acceptors (Lipinski definition) is 6. The third-order valence-corrected chi connectivity index (χ3v) is 24.2. The van der Waals surface area contributed by atoms with Crippen LogP contribution in [0.2, 0.25) is 0 Å². The van der Waals surface area contributed by atoms with E-state index in [1.54, 1.807) is 11.1 Å². The molecule has 0 amide bonds. The Balaban J connectivity index is 1.11. The van der Waals surface area contributed by atoms with E-state index in [-0.39, 0.29) is 0 Å². The van der Waals surface area contributed by atoms with Gasteiger partial charge in [0.2, 0.25) is 0 Å². The van der Waals surface area contributed by atoms with Gasteiger partial charge in [0.15, 0.2) is 0 Å². The summed E-state index contributed by atoms with van der Waals surface area (Å²) in [6, 6.07) is 45.2. The first-order valence-corrected chi connectivity index (χ1v) is 33.6. The minimum atomic E-state index is -0.452. The molecule has 12 rings (SSSR count). The lowest BCUT2D eigenvalue weighted by atomic mass is 9.67. The highest BCUT2D eigenvalue weighted by Crippen LogP contribution is 2.72. The number of aryl methyl sites for hydroxylation is 4. The van der Waals surface area contributed by atoms with Crippen LogP contribution in [0.3, 0.4) is 0 Å². The zero-order valence-corrected chi connectivity index (χ0v) is 49.0. The quantitative estimate of drug-likeness (QED) is 0.0529. The zero-order chi connectivity index (χ0) is 50.2. The molecule has 6 heterocycles. The van der Waals surface area contributed by atoms with Gasteiger partial charge in [-0.2, -0.15) is 0 Å². The van der Waals surface area contributed by atoms with Gasteiger partial charge in [0.25, 0.3) is 0 Å². The molecule has 10 aromatic rings. The molecule has 380 valence electrons. The Kier molecular flexibility index (Phi) is 15.1. The number of rotatable bonds is 24. The fourth-order valence-corrected chi connectivity index (χ4v) is 21.4. The first kappa shape index (κ1) is 50.7. The van der Waals surface area contributed by atoms with E-state index < -0.39 is 10.8 Å². The van der Waals surface area contributed by atoms with Crippen molar-refractivity contribution in [2.24, 2.45) is 0 Å². The maximum absolute atomic E-state index is 2.55. The van der Waals surface area contributed by atoms with E-state index in [2.05, 4.69) is 193 Å². The van der Waals surface area contributed by atoms with Crippen LogP contribution in [0.25, 0.3) is 47.7 Å². The highest BCUT2D eigenvalue weighted by molar-refractivity contribution is 7.37. The molecule has 74 heavy (non-hydrogen) atoms. The van der Waals surface area contributed by atoms with Crippen molar-refractivity contribution in [2.45, 2.75) is 167 Å². The predicted octanol–water partition coefficient (Wildman–Crippen LogP) is 22.7. The van der Waals surface area contributed by atoms with E-state index >= 15 is 0 Å². The van der Waals surface area contributed by atoms with E-state index in [0.29, 0.717) is 0 Å². The maximum atomic E-state index is 2.55. The van der Waals surface area contributed by atoms with Gasteiger partial charge < -0.3 is 0 Å². The van der Waals surface area contributed by atoms with Crippen LogP contribution in [0.5, 0.6) is 0 Å². The van der Waals surface area contributed by atoms with Crippen LogP contribution in [0, 0.1) is 0 Å². The molecule has 2 aliphatic rings.